The molecule has 19 heteroatoms. The number of aliphatic hydroxyl groups is 1. The third-order valence-corrected chi connectivity index (χ3v) is 14.3. The van der Waals surface area contributed by atoms with Crippen molar-refractivity contribution in [3.8, 4) is 10.0 Å². The highest BCUT2D eigenvalue weighted by molar-refractivity contribution is 7.15. The second-order valence-corrected chi connectivity index (χ2v) is 18.8. The molecule has 8 heterocycles. The van der Waals surface area contributed by atoms with Crippen molar-refractivity contribution in [2.75, 3.05) is 17.1 Å². The van der Waals surface area contributed by atoms with Gasteiger partial charge in [-0.2, -0.15) is 10.2 Å². The van der Waals surface area contributed by atoms with E-state index in [1.807, 2.05) is 90.2 Å². The molecule has 2 aliphatic heterocycles. The van der Waals surface area contributed by atoms with Gasteiger partial charge in [0.1, 0.15) is 33.1 Å². The number of aliphatic hydroxyl groups excluding tert-OH is 1. The lowest BCUT2D eigenvalue weighted by Crippen LogP contribution is -2.22. The number of fused-ring (bicyclic) bond motifs is 6. The zero-order valence-corrected chi connectivity index (χ0v) is 40.1. The van der Waals surface area contributed by atoms with E-state index in [9.17, 15) is 9.90 Å². The molecule has 0 amide bonds. The number of rotatable bonds is 8. The van der Waals surface area contributed by atoms with Gasteiger partial charge in [-0.1, -0.05) is 59.6 Å². The number of hydrogen-bond acceptors (Lipinski definition) is 15. The number of methoxy groups -OCH3 is 1. The van der Waals surface area contributed by atoms with Crippen molar-refractivity contribution in [3.63, 3.8) is 0 Å². The first-order valence-corrected chi connectivity index (χ1v) is 23.1. The van der Waals surface area contributed by atoms with Gasteiger partial charge in [0.05, 0.1) is 32.5 Å². The van der Waals surface area contributed by atoms with Crippen molar-refractivity contribution < 1.29 is 14.6 Å². The van der Waals surface area contributed by atoms with Gasteiger partial charge in [-0.05, 0) is 94.6 Å². The van der Waals surface area contributed by atoms with Crippen LogP contribution in [0.25, 0.3) is 10.0 Å². The van der Waals surface area contributed by atoms with E-state index in [0.717, 1.165) is 66.5 Å². The van der Waals surface area contributed by atoms with Crippen LogP contribution in [0.3, 0.4) is 0 Å². The SMILES string of the molecule is COC(=O)c1ncccc1CN1N=C(c2ccc(Cl)cc2)c2c(sc(C)c2C)-n2c(C)nnc21.Cc1sc2c(c1C)C(c1ccc(Cl)cc1)=NN(Cc1cccnc1CO)c1nnc(C)n1-2. The molecule has 2 aliphatic rings. The van der Waals surface area contributed by atoms with Crippen LogP contribution in [0.4, 0.5) is 11.9 Å². The Labute approximate surface area is 398 Å². The van der Waals surface area contributed by atoms with Crippen LogP contribution >= 0.6 is 45.9 Å². The molecule has 15 nitrogen and oxygen atoms in total. The maximum absolute atomic E-state index is 12.3. The van der Waals surface area contributed by atoms with Crippen molar-refractivity contribution in [2.45, 2.75) is 61.2 Å². The summed E-state index contributed by atoms with van der Waals surface area (Å²) in [5, 5.41) is 44.5. The fraction of sp³-hybridized carbons (Fsp3) is 0.213. The predicted octanol–water partition coefficient (Wildman–Crippen LogP) is 9.43. The highest BCUT2D eigenvalue weighted by atomic mass is 35.5. The zero-order chi connectivity index (χ0) is 46.4. The van der Waals surface area contributed by atoms with E-state index in [2.05, 4.69) is 62.6 Å². The van der Waals surface area contributed by atoms with Gasteiger partial charge in [0.25, 0.3) is 11.9 Å². The molecule has 0 bridgehead atoms. The maximum atomic E-state index is 12.3. The van der Waals surface area contributed by atoms with E-state index in [-0.39, 0.29) is 18.8 Å². The van der Waals surface area contributed by atoms with Crippen molar-refractivity contribution in [1.29, 1.82) is 0 Å². The summed E-state index contributed by atoms with van der Waals surface area (Å²) < 4.78 is 9.00. The molecular formula is C47H42Cl2N12O3S2. The summed E-state index contributed by atoms with van der Waals surface area (Å²) in [7, 11) is 1.34. The van der Waals surface area contributed by atoms with Crippen LogP contribution in [0.2, 0.25) is 10.0 Å². The van der Waals surface area contributed by atoms with Crippen molar-refractivity contribution in [2.24, 2.45) is 10.2 Å². The first kappa shape index (κ1) is 44.6. The molecule has 0 unspecified atom stereocenters. The molecule has 0 aliphatic carbocycles. The Morgan fingerprint density at radius 3 is 1.56 bits per heavy atom. The molecule has 10 rings (SSSR count). The Balaban J connectivity index is 0.000000166. The van der Waals surface area contributed by atoms with Crippen LogP contribution in [-0.4, -0.2) is 69.1 Å². The summed E-state index contributed by atoms with van der Waals surface area (Å²) in [6.07, 6.45) is 3.24. The number of aromatic nitrogens is 8. The molecule has 0 spiro atoms. The lowest BCUT2D eigenvalue weighted by Gasteiger charge is -2.19. The number of hydrazone groups is 2. The van der Waals surface area contributed by atoms with Crippen molar-refractivity contribution in [1.82, 2.24) is 39.5 Å². The zero-order valence-electron chi connectivity index (χ0n) is 36.9. The third-order valence-electron chi connectivity index (χ3n) is 11.4. The molecule has 1 N–H and O–H groups in total. The Kier molecular flexibility index (Phi) is 12.4. The lowest BCUT2D eigenvalue weighted by atomic mass is 10.00. The number of halogens is 2. The lowest BCUT2D eigenvalue weighted by molar-refractivity contribution is 0.0592. The van der Waals surface area contributed by atoms with Crippen LogP contribution in [0.15, 0.2) is 95.4 Å². The van der Waals surface area contributed by atoms with E-state index in [0.29, 0.717) is 39.7 Å². The van der Waals surface area contributed by atoms with Crippen molar-refractivity contribution >= 4 is 75.2 Å². The summed E-state index contributed by atoms with van der Waals surface area (Å²) in [5.74, 6) is 2.21. The van der Waals surface area contributed by atoms with Crippen LogP contribution in [0.5, 0.6) is 0 Å². The average Bonchev–Trinajstić information content (AvgIpc) is 4.01. The fourth-order valence-corrected chi connectivity index (χ4v) is 10.4. The second-order valence-electron chi connectivity index (χ2n) is 15.5. The highest BCUT2D eigenvalue weighted by Crippen LogP contribution is 2.40. The number of thiophene rings is 2. The molecule has 6 aromatic heterocycles. The minimum Gasteiger partial charge on any atom is -0.464 e. The smallest absolute Gasteiger partial charge is 0.357 e. The van der Waals surface area contributed by atoms with E-state index >= 15 is 0 Å². The number of carbonyl (C=O) groups excluding carboxylic acids is 1. The minimum atomic E-state index is -0.504. The van der Waals surface area contributed by atoms with Gasteiger partial charge in [0, 0.05) is 60.0 Å². The van der Waals surface area contributed by atoms with E-state index in [1.54, 1.807) is 46.1 Å². The number of pyridine rings is 2. The van der Waals surface area contributed by atoms with E-state index < -0.39 is 5.97 Å². The number of ether oxygens (including phenoxy) is 1. The molecule has 66 heavy (non-hydrogen) atoms. The molecule has 0 fully saturated rings. The Morgan fingerprint density at radius 1 is 0.636 bits per heavy atom. The first-order chi connectivity index (χ1) is 31.9. The van der Waals surface area contributed by atoms with E-state index in [4.69, 9.17) is 38.1 Å². The fourth-order valence-electron chi connectivity index (χ4n) is 7.79. The van der Waals surface area contributed by atoms with Gasteiger partial charge in [-0.15, -0.1) is 43.1 Å². The van der Waals surface area contributed by atoms with Gasteiger partial charge in [0.2, 0.25) is 0 Å². The molecule has 0 radical (unpaired) electrons. The molecule has 2 aromatic carbocycles. The van der Waals surface area contributed by atoms with Crippen LogP contribution < -0.4 is 10.0 Å². The molecule has 0 saturated heterocycles. The maximum Gasteiger partial charge on any atom is 0.357 e. The molecule has 334 valence electrons. The summed E-state index contributed by atoms with van der Waals surface area (Å²) >= 11 is 15.7. The highest BCUT2D eigenvalue weighted by Gasteiger charge is 2.33. The quantitative estimate of drug-likeness (QED) is 0.144. The van der Waals surface area contributed by atoms with Gasteiger partial charge in [-0.3, -0.25) is 14.1 Å². The van der Waals surface area contributed by atoms with E-state index in [1.165, 1.54) is 22.4 Å². The molecular weight excluding hydrogens is 916 g/mol. The number of anilines is 2. The molecule has 0 saturated carbocycles. The number of nitrogens with zero attached hydrogens (tertiary/aromatic N) is 12. The predicted molar refractivity (Wildman–Crippen MR) is 259 cm³/mol. The monoisotopic (exact) mass is 956 g/mol. The minimum absolute atomic E-state index is 0.144. The molecule has 8 aromatic rings. The van der Waals surface area contributed by atoms with Crippen LogP contribution in [0.1, 0.15) is 82.1 Å². The Bertz CT molecular complexity index is 3210. The van der Waals surface area contributed by atoms with Gasteiger partial charge >= 0.3 is 5.97 Å². The normalized spacial score (nSPS) is 12.8. The first-order valence-electron chi connectivity index (χ1n) is 20.7. The Morgan fingerprint density at radius 2 is 1.09 bits per heavy atom. The standard InChI is InChI=1S/C24H21ClN6O2S.C23H21ClN6OS/c1-13-14(2)34-22-19(13)20(16-7-9-18(25)10-8-16)29-30(24-28-27-15(3)31(22)24)12-17-6-5-11-26-21(17)23(32)33-4;1-13-14(2)32-22-20(13)21(16-6-8-18(24)9-7-16)28-29(23-27-26-15(3)30(22)23)11-17-5-4-10-25-19(17)12-31/h5-11H,12H2,1-4H3;4-10,31H,11-12H2,1-3H3. The largest absolute Gasteiger partial charge is 0.464 e. The molecule has 0 atom stereocenters. The van der Waals surface area contributed by atoms with Crippen molar-refractivity contribution in [3.05, 3.63) is 173 Å². The average molecular weight is 958 g/mol. The van der Waals surface area contributed by atoms with Crippen LogP contribution in [0, 0.1) is 41.5 Å². The summed E-state index contributed by atoms with van der Waals surface area (Å²) in [5.41, 5.74) is 10.3. The third kappa shape index (κ3) is 8.17. The number of hydrogen-bond donors (Lipinski definition) is 1. The Hall–Kier alpha value is -6.63. The van der Waals surface area contributed by atoms with Crippen LogP contribution in [-0.2, 0) is 24.4 Å². The van der Waals surface area contributed by atoms with Gasteiger partial charge in [0.15, 0.2) is 5.69 Å². The second kappa shape index (κ2) is 18.3. The number of aryl methyl sites for hydroxylation is 4. The number of benzene rings is 2. The summed E-state index contributed by atoms with van der Waals surface area (Å²) in [6.45, 7) is 12.8. The summed E-state index contributed by atoms with van der Waals surface area (Å²) in [4.78, 5) is 23.3. The number of esters is 1. The summed E-state index contributed by atoms with van der Waals surface area (Å²) in [6, 6.07) is 22.8. The number of carbonyl (C=O) groups is 1. The topological polar surface area (TPSA) is 165 Å². The van der Waals surface area contributed by atoms with Gasteiger partial charge in [-0.25, -0.2) is 19.8 Å². The van der Waals surface area contributed by atoms with Gasteiger partial charge < -0.3 is 9.84 Å².